The maximum atomic E-state index is 10.9. The number of carboxylic acid groups (broad SMARTS) is 1. The number of carbonyl (C=O) groups is 1. The van der Waals surface area contributed by atoms with E-state index in [0.29, 0.717) is 11.6 Å². The molecule has 3 aromatic heterocycles. The summed E-state index contributed by atoms with van der Waals surface area (Å²) in [7, 11) is 0. The molecule has 0 fully saturated rings. The third-order valence-corrected chi connectivity index (χ3v) is 2.35. The molecule has 0 atom stereocenters. The summed E-state index contributed by atoms with van der Waals surface area (Å²) in [4.78, 5) is 22.9. The Balaban J connectivity index is 2.18. The maximum Gasteiger partial charge on any atom is 0.356 e. The lowest BCUT2D eigenvalue weighted by Gasteiger charge is -1.94. The summed E-state index contributed by atoms with van der Waals surface area (Å²) in [6.07, 6.45) is 4.54. The van der Waals surface area contributed by atoms with E-state index in [9.17, 15) is 4.79 Å². The van der Waals surface area contributed by atoms with Gasteiger partial charge in [-0.2, -0.15) is 4.98 Å². The number of H-pyrrole nitrogens is 1. The highest BCUT2D eigenvalue weighted by molar-refractivity contribution is 5.86. The molecule has 3 heterocycles. The predicted molar refractivity (Wildman–Crippen MR) is 57.5 cm³/mol. The van der Waals surface area contributed by atoms with E-state index in [1.807, 2.05) is 0 Å². The minimum Gasteiger partial charge on any atom is -0.476 e. The Hall–Kier alpha value is -2.70. The van der Waals surface area contributed by atoms with Crippen molar-refractivity contribution in [3.63, 3.8) is 0 Å². The summed E-state index contributed by atoms with van der Waals surface area (Å²) >= 11 is 0. The quantitative estimate of drug-likeness (QED) is 0.678. The van der Waals surface area contributed by atoms with Crippen LogP contribution in [0, 0.1) is 0 Å². The highest BCUT2D eigenvalue weighted by atomic mass is 16.4. The van der Waals surface area contributed by atoms with Gasteiger partial charge < -0.3 is 5.11 Å². The number of aromatic amines is 1. The number of aromatic carboxylic acids is 1. The average molecular weight is 229 g/mol. The third kappa shape index (κ3) is 1.44. The van der Waals surface area contributed by atoms with Gasteiger partial charge in [-0.3, -0.25) is 10.1 Å². The van der Waals surface area contributed by atoms with Crippen molar-refractivity contribution in [1.82, 2.24) is 24.6 Å². The van der Waals surface area contributed by atoms with Gasteiger partial charge in [0.1, 0.15) is 0 Å². The molecule has 3 aromatic rings. The molecule has 7 nitrogen and oxygen atoms in total. The Morgan fingerprint density at radius 3 is 2.82 bits per heavy atom. The van der Waals surface area contributed by atoms with Crippen LogP contribution in [0.2, 0.25) is 0 Å². The molecular formula is C10H7N5O2. The van der Waals surface area contributed by atoms with Crippen molar-refractivity contribution in [2.45, 2.75) is 0 Å². The lowest BCUT2D eigenvalue weighted by Crippen LogP contribution is -2.01. The molecule has 2 N–H and O–H groups in total. The number of nitrogens with zero attached hydrogens (tertiary/aromatic N) is 4. The molecule has 0 unspecified atom stereocenters. The standard InChI is InChI=1S/C10H7N5O2/c16-9(17)7-5-12-10-13-8(14-15(7)10)6-1-3-11-4-2-6/h1-5H,(H,16,17)(H,12,13,14). The maximum absolute atomic E-state index is 10.9. The Kier molecular flexibility index (Phi) is 1.91. The first-order chi connectivity index (χ1) is 8.25. The minimum atomic E-state index is -1.05. The fraction of sp³-hybridized carbons (Fsp3) is 0. The number of fused-ring (bicyclic) bond motifs is 1. The topological polar surface area (TPSA) is 96.2 Å². The van der Waals surface area contributed by atoms with Gasteiger partial charge in [-0.05, 0) is 12.1 Å². The van der Waals surface area contributed by atoms with Crippen molar-refractivity contribution in [2.24, 2.45) is 0 Å². The molecule has 0 saturated heterocycles. The van der Waals surface area contributed by atoms with Crippen molar-refractivity contribution in [1.29, 1.82) is 0 Å². The van der Waals surface area contributed by atoms with Gasteiger partial charge in [0.05, 0.1) is 6.20 Å². The van der Waals surface area contributed by atoms with Crippen molar-refractivity contribution < 1.29 is 9.90 Å². The molecule has 84 valence electrons. The number of pyridine rings is 1. The first-order valence-electron chi connectivity index (χ1n) is 4.83. The highest BCUT2D eigenvalue weighted by Crippen LogP contribution is 2.15. The summed E-state index contributed by atoms with van der Waals surface area (Å²) in [5, 5.41) is 11.8. The van der Waals surface area contributed by atoms with Crippen LogP contribution in [0.3, 0.4) is 0 Å². The first kappa shape index (κ1) is 9.52. The van der Waals surface area contributed by atoms with E-state index in [1.165, 1.54) is 10.7 Å². The van der Waals surface area contributed by atoms with Crippen molar-refractivity contribution in [3.05, 3.63) is 36.4 Å². The normalized spacial score (nSPS) is 10.8. The smallest absolute Gasteiger partial charge is 0.356 e. The van der Waals surface area contributed by atoms with E-state index in [2.05, 4.69) is 20.1 Å². The summed E-state index contributed by atoms with van der Waals surface area (Å²) in [6, 6.07) is 3.55. The van der Waals surface area contributed by atoms with Crippen LogP contribution in [0.15, 0.2) is 30.7 Å². The number of imidazole rings is 1. The highest BCUT2D eigenvalue weighted by Gasteiger charge is 2.14. The van der Waals surface area contributed by atoms with Crippen LogP contribution in [0.25, 0.3) is 17.2 Å². The molecule has 7 heteroatoms. The molecule has 0 aliphatic heterocycles. The number of nitrogens with one attached hydrogen (secondary N) is 1. The molecule has 0 amide bonds. The van der Waals surface area contributed by atoms with Gasteiger partial charge in [0, 0.05) is 18.0 Å². The van der Waals surface area contributed by atoms with Gasteiger partial charge in [-0.15, -0.1) is 0 Å². The van der Waals surface area contributed by atoms with Crippen LogP contribution < -0.4 is 0 Å². The lowest BCUT2D eigenvalue weighted by atomic mass is 10.3. The van der Waals surface area contributed by atoms with E-state index >= 15 is 0 Å². The minimum absolute atomic E-state index is 0.0489. The molecule has 0 bridgehead atoms. The molecule has 0 spiro atoms. The second kappa shape index (κ2) is 3.41. The third-order valence-electron chi connectivity index (χ3n) is 2.35. The molecule has 17 heavy (non-hydrogen) atoms. The zero-order chi connectivity index (χ0) is 11.8. The monoisotopic (exact) mass is 229 g/mol. The van der Waals surface area contributed by atoms with Gasteiger partial charge in [-0.1, -0.05) is 0 Å². The second-order valence-corrected chi connectivity index (χ2v) is 3.39. The number of hydrogen-bond donors (Lipinski definition) is 2. The van der Waals surface area contributed by atoms with Crippen LogP contribution in [0.4, 0.5) is 0 Å². The van der Waals surface area contributed by atoms with Gasteiger partial charge in [0.15, 0.2) is 11.5 Å². The Labute approximate surface area is 94.8 Å². The lowest BCUT2D eigenvalue weighted by molar-refractivity contribution is 0.0688. The Bertz CT molecular complexity index is 685. The van der Waals surface area contributed by atoms with E-state index in [0.717, 1.165) is 5.56 Å². The SMILES string of the molecule is O=C(O)c1cnc2nc(-c3ccncc3)[nH]n12. The van der Waals surface area contributed by atoms with Gasteiger partial charge in [-0.25, -0.2) is 14.3 Å². The first-order valence-corrected chi connectivity index (χ1v) is 4.83. The number of hydrogen-bond acceptors (Lipinski definition) is 4. The number of carboxylic acids is 1. The van der Waals surface area contributed by atoms with Gasteiger partial charge >= 0.3 is 5.97 Å². The molecule has 0 radical (unpaired) electrons. The summed E-state index contributed by atoms with van der Waals surface area (Å²) < 4.78 is 1.33. The summed E-state index contributed by atoms with van der Waals surface area (Å²) in [5.41, 5.74) is 0.870. The van der Waals surface area contributed by atoms with Gasteiger partial charge in [0.2, 0.25) is 0 Å². The molecule has 0 saturated carbocycles. The molecule has 0 aliphatic rings. The van der Waals surface area contributed by atoms with Crippen molar-refractivity contribution >= 4 is 11.7 Å². The second-order valence-electron chi connectivity index (χ2n) is 3.39. The van der Waals surface area contributed by atoms with E-state index in [1.54, 1.807) is 24.5 Å². The Morgan fingerprint density at radius 1 is 1.35 bits per heavy atom. The van der Waals surface area contributed by atoms with Crippen LogP contribution in [-0.4, -0.2) is 35.6 Å². The van der Waals surface area contributed by atoms with Crippen LogP contribution in [0.1, 0.15) is 10.5 Å². The zero-order valence-corrected chi connectivity index (χ0v) is 8.53. The van der Waals surface area contributed by atoms with E-state index < -0.39 is 5.97 Å². The number of aromatic nitrogens is 5. The fourth-order valence-corrected chi connectivity index (χ4v) is 1.55. The van der Waals surface area contributed by atoms with Crippen LogP contribution in [0.5, 0.6) is 0 Å². The van der Waals surface area contributed by atoms with Crippen LogP contribution >= 0.6 is 0 Å². The average Bonchev–Trinajstić information content (AvgIpc) is 2.88. The zero-order valence-electron chi connectivity index (χ0n) is 8.53. The summed E-state index contributed by atoms with van der Waals surface area (Å²) in [5.74, 6) is -0.172. The largest absolute Gasteiger partial charge is 0.476 e. The molecule has 0 aliphatic carbocycles. The van der Waals surface area contributed by atoms with E-state index in [4.69, 9.17) is 5.11 Å². The molecule has 3 rings (SSSR count). The van der Waals surface area contributed by atoms with Crippen LogP contribution in [-0.2, 0) is 0 Å². The van der Waals surface area contributed by atoms with Gasteiger partial charge in [0.25, 0.3) is 5.78 Å². The Morgan fingerprint density at radius 2 is 2.12 bits per heavy atom. The summed E-state index contributed by atoms with van der Waals surface area (Å²) in [6.45, 7) is 0. The molecular weight excluding hydrogens is 222 g/mol. The van der Waals surface area contributed by atoms with Crippen molar-refractivity contribution in [2.75, 3.05) is 0 Å². The molecule has 0 aromatic carbocycles. The predicted octanol–water partition coefficient (Wildman–Crippen LogP) is 0.818. The van der Waals surface area contributed by atoms with E-state index in [-0.39, 0.29) is 5.69 Å². The van der Waals surface area contributed by atoms with Crippen molar-refractivity contribution in [3.8, 4) is 11.4 Å². The fourth-order valence-electron chi connectivity index (χ4n) is 1.55. The number of rotatable bonds is 2.